The van der Waals surface area contributed by atoms with Crippen LogP contribution >= 0.6 is 0 Å². The van der Waals surface area contributed by atoms with Gasteiger partial charge in [0.25, 0.3) is 0 Å². The van der Waals surface area contributed by atoms with Gasteiger partial charge in [0, 0.05) is 23.0 Å². The summed E-state index contributed by atoms with van der Waals surface area (Å²) >= 11 is 0. The van der Waals surface area contributed by atoms with Crippen LogP contribution in [0.4, 0.5) is 0 Å². The van der Waals surface area contributed by atoms with Crippen LogP contribution in [-0.4, -0.2) is 39.7 Å². The van der Waals surface area contributed by atoms with Crippen molar-refractivity contribution in [2.24, 2.45) is 11.8 Å². The normalized spacial score (nSPS) is 27.2. The number of hydrogen-bond acceptors (Lipinski definition) is 10. The molecule has 0 aromatic heterocycles. The molecule has 0 radical (unpaired) electrons. The molecule has 2 aromatic carbocycles. The SMILES string of the molecule is COc1cc2c(c3c1OCO3)OC(=O)[C@H]1[C@@H]3C(=O)Oc4c(cc(OC)c5c4OCO5)[C@@H]3[C@H]21. The van der Waals surface area contributed by atoms with Gasteiger partial charge in [-0.2, -0.15) is 0 Å². The molecule has 1 saturated carbocycles. The smallest absolute Gasteiger partial charge is 0.316 e. The molecule has 0 saturated heterocycles. The molecule has 10 heteroatoms. The summed E-state index contributed by atoms with van der Waals surface area (Å²) in [6.45, 7) is -0.00857. The predicted octanol–water partition coefficient (Wildman–Crippen LogP) is 2.11. The van der Waals surface area contributed by atoms with Crippen LogP contribution in [0.5, 0.6) is 46.0 Å². The standard InChI is InChI=1S/C22H16O10/c1-25-9-3-7-11-12-8-4-10(26-2)18-20(30-6-28-18)16(8)32-22(24)14(12)13(11)21(23)31-15(7)19-17(9)27-5-29-19/h3-4,11-14H,5-6H2,1-2H3/t11-,12+,13-,14-/m1/s1. The molecule has 10 nitrogen and oxygen atoms in total. The molecule has 0 bridgehead atoms. The summed E-state index contributed by atoms with van der Waals surface area (Å²) in [5.74, 6) is -0.0861. The molecule has 1 aliphatic carbocycles. The van der Waals surface area contributed by atoms with Crippen LogP contribution in [-0.2, 0) is 9.59 Å². The maximum absolute atomic E-state index is 13.0. The minimum atomic E-state index is -0.686. The van der Waals surface area contributed by atoms with Gasteiger partial charge in [-0.15, -0.1) is 0 Å². The van der Waals surface area contributed by atoms with Gasteiger partial charge in [0.05, 0.1) is 26.1 Å². The summed E-state index contributed by atoms with van der Waals surface area (Å²) in [6.07, 6.45) is 0. The van der Waals surface area contributed by atoms with E-state index in [0.717, 1.165) is 0 Å². The Labute approximate surface area is 180 Å². The average Bonchev–Trinajstić information content (AvgIpc) is 3.44. The van der Waals surface area contributed by atoms with Crippen molar-refractivity contribution in [1.29, 1.82) is 0 Å². The van der Waals surface area contributed by atoms with E-state index in [1.54, 1.807) is 12.1 Å². The predicted molar refractivity (Wildman–Crippen MR) is 102 cm³/mol. The van der Waals surface area contributed by atoms with Crippen molar-refractivity contribution in [3.8, 4) is 46.0 Å². The van der Waals surface area contributed by atoms with Gasteiger partial charge in [-0.25, -0.2) is 0 Å². The number of methoxy groups -OCH3 is 2. The summed E-state index contributed by atoms with van der Waals surface area (Å²) in [4.78, 5) is 25.9. The zero-order valence-corrected chi connectivity index (χ0v) is 17.0. The van der Waals surface area contributed by atoms with Crippen LogP contribution in [0.15, 0.2) is 12.1 Å². The van der Waals surface area contributed by atoms with E-state index >= 15 is 0 Å². The van der Waals surface area contributed by atoms with Crippen LogP contribution in [0.25, 0.3) is 0 Å². The zero-order chi connectivity index (χ0) is 21.7. The van der Waals surface area contributed by atoms with Crippen molar-refractivity contribution in [2.45, 2.75) is 11.8 Å². The molecule has 4 heterocycles. The quantitative estimate of drug-likeness (QED) is 0.509. The monoisotopic (exact) mass is 440 g/mol. The summed E-state index contributed by atoms with van der Waals surface area (Å²) in [7, 11) is 3.05. The van der Waals surface area contributed by atoms with E-state index in [4.69, 9.17) is 37.9 Å². The Morgan fingerprint density at radius 1 is 0.625 bits per heavy atom. The van der Waals surface area contributed by atoms with Crippen LogP contribution < -0.4 is 37.9 Å². The van der Waals surface area contributed by atoms with Crippen LogP contribution in [0, 0.1) is 11.8 Å². The minimum Gasteiger partial charge on any atom is -0.493 e. The first-order valence-corrected chi connectivity index (χ1v) is 10.1. The Morgan fingerprint density at radius 3 is 1.44 bits per heavy atom. The van der Waals surface area contributed by atoms with Gasteiger partial charge in [0.1, 0.15) is 0 Å². The largest absolute Gasteiger partial charge is 0.493 e. The maximum atomic E-state index is 13.0. The van der Waals surface area contributed by atoms with E-state index in [9.17, 15) is 9.59 Å². The van der Waals surface area contributed by atoms with E-state index in [2.05, 4.69) is 0 Å². The first kappa shape index (κ1) is 17.8. The summed E-state index contributed by atoms with van der Waals surface area (Å²) < 4.78 is 44.4. The molecule has 0 N–H and O–H groups in total. The average molecular weight is 440 g/mol. The second-order valence-corrected chi connectivity index (χ2v) is 8.07. The maximum Gasteiger partial charge on any atom is 0.316 e. The van der Waals surface area contributed by atoms with Crippen molar-refractivity contribution in [1.82, 2.24) is 0 Å². The van der Waals surface area contributed by atoms with Crippen molar-refractivity contribution in [3.63, 3.8) is 0 Å². The Morgan fingerprint density at radius 2 is 1.03 bits per heavy atom. The van der Waals surface area contributed by atoms with Gasteiger partial charge in [0.2, 0.25) is 36.6 Å². The third-order valence-electron chi connectivity index (χ3n) is 6.84. The lowest BCUT2D eigenvalue weighted by Gasteiger charge is -2.53. The molecule has 0 unspecified atom stereocenters. The van der Waals surface area contributed by atoms with Crippen LogP contribution in [0.2, 0.25) is 0 Å². The fraction of sp³-hybridized carbons (Fsp3) is 0.364. The summed E-state index contributed by atoms with van der Waals surface area (Å²) in [5.41, 5.74) is 1.43. The van der Waals surface area contributed by atoms with E-state index in [-0.39, 0.29) is 25.4 Å². The number of carbonyl (C=O) groups is 2. The Hall–Kier alpha value is -3.82. The fourth-order valence-corrected chi connectivity index (χ4v) is 5.52. The van der Waals surface area contributed by atoms with Crippen LogP contribution in [0.3, 0.4) is 0 Å². The molecule has 4 atom stereocenters. The van der Waals surface area contributed by atoms with Gasteiger partial charge in [-0.05, 0) is 12.1 Å². The van der Waals surface area contributed by atoms with Gasteiger partial charge in [-0.1, -0.05) is 0 Å². The second-order valence-electron chi connectivity index (χ2n) is 8.07. The van der Waals surface area contributed by atoms with Gasteiger partial charge in [0.15, 0.2) is 23.0 Å². The van der Waals surface area contributed by atoms with Crippen molar-refractivity contribution < 1.29 is 47.5 Å². The minimum absolute atomic E-state index is 0.00429. The lowest BCUT2D eigenvalue weighted by molar-refractivity contribution is -0.165. The molecule has 0 amide bonds. The van der Waals surface area contributed by atoms with E-state index in [0.29, 0.717) is 57.1 Å². The highest BCUT2D eigenvalue weighted by atomic mass is 16.7. The molecular weight excluding hydrogens is 424 g/mol. The fourth-order valence-electron chi connectivity index (χ4n) is 5.52. The number of benzene rings is 2. The third kappa shape index (κ3) is 1.95. The molecule has 0 spiro atoms. The third-order valence-corrected chi connectivity index (χ3v) is 6.84. The number of esters is 2. The van der Waals surface area contributed by atoms with Crippen molar-refractivity contribution in [2.75, 3.05) is 27.8 Å². The highest BCUT2D eigenvalue weighted by molar-refractivity contribution is 5.94. The molecule has 4 aliphatic heterocycles. The summed E-state index contributed by atoms with van der Waals surface area (Å²) in [6, 6.07) is 3.57. The Kier molecular flexibility index (Phi) is 3.29. The highest BCUT2D eigenvalue weighted by Crippen LogP contribution is 2.69. The molecule has 2 aromatic rings. The summed E-state index contributed by atoms with van der Waals surface area (Å²) in [5, 5.41) is 0. The molecular formula is C22H16O10. The molecule has 5 aliphatic rings. The first-order chi connectivity index (χ1) is 15.6. The molecule has 164 valence electrons. The highest BCUT2D eigenvalue weighted by Gasteiger charge is 2.65. The lowest BCUT2D eigenvalue weighted by Crippen LogP contribution is -2.57. The van der Waals surface area contributed by atoms with Gasteiger partial charge >= 0.3 is 11.9 Å². The zero-order valence-electron chi connectivity index (χ0n) is 17.0. The van der Waals surface area contributed by atoms with Gasteiger partial charge < -0.3 is 37.9 Å². The van der Waals surface area contributed by atoms with Crippen molar-refractivity contribution >= 4 is 11.9 Å². The Bertz CT molecular complexity index is 1140. The van der Waals surface area contributed by atoms with E-state index in [1.807, 2.05) is 0 Å². The first-order valence-electron chi connectivity index (χ1n) is 10.1. The van der Waals surface area contributed by atoms with Crippen molar-refractivity contribution in [3.05, 3.63) is 23.3 Å². The number of ether oxygens (including phenoxy) is 8. The number of fused-ring (bicyclic) bond motifs is 12. The van der Waals surface area contributed by atoms with E-state index in [1.165, 1.54) is 14.2 Å². The van der Waals surface area contributed by atoms with E-state index < -0.39 is 23.8 Å². The number of rotatable bonds is 2. The lowest BCUT2D eigenvalue weighted by atomic mass is 9.51. The topological polar surface area (TPSA) is 108 Å². The second kappa shape index (κ2) is 5.90. The molecule has 1 fully saturated rings. The molecule has 7 rings (SSSR count). The number of carbonyl (C=O) groups excluding carboxylic acids is 2. The number of hydrogen-bond donors (Lipinski definition) is 0. The molecule has 32 heavy (non-hydrogen) atoms. The van der Waals surface area contributed by atoms with Crippen LogP contribution in [0.1, 0.15) is 23.0 Å². The Balaban J connectivity index is 1.44. The van der Waals surface area contributed by atoms with Gasteiger partial charge in [-0.3, -0.25) is 9.59 Å².